The van der Waals surface area contributed by atoms with E-state index >= 15 is 0 Å². The Hall–Kier alpha value is -2.86. The van der Waals surface area contributed by atoms with E-state index in [2.05, 4.69) is 10.3 Å². The first-order valence-electron chi connectivity index (χ1n) is 7.58. The average molecular weight is 358 g/mol. The third kappa shape index (κ3) is 3.64. The van der Waals surface area contributed by atoms with E-state index in [0.29, 0.717) is 28.5 Å². The third-order valence-electron chi connectivity index (χ3n) is 3.80. The molecule has 0 aliphatic heterocycles. The molecule has 0 amide bonds. The average Bonchev–Trinajstić information content (AvgIpc) is 2.61. The van der Waals surface area contributed by atoms with Gasteiger partial charge in [-0.1, -0.05) is 17.7 Å². The molecule has 0 unspecified atom stereocenters. The number of hydrogen-bond acceptors (Lipinski definition) is 5. The zero-order chi connectivity index (χ0) is 18.0. The van der Waals surface area contributed by atoms with Gasteiger partial charge in [-0.2, -0.15) is 0 Å². The fourth-order valence-corrected chi connectivity index (χ4v) is 2.62. The molecule has 3 rings (SSSR count). The van der Waals surface area contributed by atoms with Crippen molar-refractivity contribution in [2.75, 3.05) is 12.4 Å². The van der Waals surface area contributed by atoms with Gasteiger partial charge in [-0.15, -0.1) is 0 Å². The predicted octanol–water partition coefficient (Wildman–Crippen LogP) is 3.06. The van der Waals surface area contributed by atoms with Crippen LogP contribution in [-0.2, 0) is 11.3 Å². The monoisotopic (exact) mass is 357 g/mol. The van der Waals surface area contributed by atoms with Crippen molar-refractivity contribution in [3.63, 3.8) is 0 Å². The normalized spacial score (nSPS) is 10.7. The van der Waals surface area contributed by atoms with E-state index in [4.69, 9.17) is 16.3 Å². The number of esters is 1. The molecule has 0 saturated carbocycles. The number of ether oxygens (including phenoxy) is 1. The van der Waals surface area contributed by atoms with Crippen molar-refractivity contribution in [3.05, 3.63) is 74.8 Å². The van der Waals surface area contributed by atoms with E-state index in [1.165, 1.54) is 23.8 Å². The quantitative estimate of drug-likeness (QED) is 0.726. The lowest BCUT2D eigenvalue weighted by Gasteiger charge is -2.11. The summed E-state index contributed by atoms with van der Waals surface area (Å²) in [4.78, 5) is 28.3. The van der Waals surface area contributed by atoms with Gasteiger partial charge in [0, 0.05) is 18.0 Å². The van der Waals surface area contributed by atoms with E-state index < -0.39 is 5.97 Å². The maximum Gasteiger partial charge on any atom is 0.337 e. The fraction of sp³-hybridized carbons (Fsp3) is 0.167. The van der Waals surface area contributed by atoms with Gasteiger partial charge in [-0.3, -0.25) is 9.20 Å². The number of carbonyl (C=O) groups excluding carboxylic acids is 1. The van der Waals surface area contributed by atoms with E-state index in [1.807, 2.05) is 13.0 Å². The smallest absolute Gasteiger partial charge is 0.337 e. The van der Waals surface area contributed by atoms with Gasteiger partial charge in [0.25, 0.3) is 5.56 Å². The Labute approximate surface area is 149 Å². The lowest BCUT2D eigenvalue weighted by molar-refractivity contribution is 0.0601. The molecule has 0 bridgehead atoms. The fourth-order valence-electron chi connectivity index (χ4n) is 2.46. The summed E-state index contributed by atoms with van der Waals surface area (Å²) < 4.78 is 6.13. The van der Waals surface area contributed by atoms with Gasteiger partial charge < -0.3 is 10.1 Å². The number of aromatic nitrogens is 2. The number of rotatable bonds is 4. The number of benzene rings is 1. The highest BCUT2D eigenvalue weighted by Crippen LogP contribution is 2.18. The van der Waals surface area contributed by atoms with Gasteiger partial charge in [-0.25, -0.2) is 9.78 Å². The van der Waals surface area contributed by atoms with Crippen LogP contribution in [0.5, 0.6) is 0 Å². The number of carbonyl (C=O) groups is 1. The summed E-state index contributed by atoms with van der Waals surface area (Å²) in [6.45, 7) is 2.27. The third-order valence-corrected chi connectivity index (χ3v) is 4.02. The second-order valence-corrected chi connectivity index (χ2v) is 5.97. The van der Waals surface area contributed by atoms with Crippen molar-refractivity contribution in [3.8, 4) is 0 Å². The van der Waals surface area contributed by atoms with Crippen molar-refractivity contribution >= 4 is 28.9 Å². The second kappa shape index (κ2) is 6.94. The van der Waals surface area contributed by atoms with Gasteiger partial charge in [0.05, 0.1) is 29.9 Å². The zero-order valence-corrected chi connectivity index (χ0v) is 14.5. The molecular formula is C18H16ClN3O3. The molecular weight excluding hydrogens is 342 g/mol. The minimum Gasteiger partial charge on any atom is -0.465 e. The molecule has 1 aromatic carbocycles. The topological polar surface area (TPSA) is 72.7 Å². The first kappa shape index (κ1) is 17.0. The van der Waals surface area contributed by atoms with Crippen LogP contribution in [0, 0.1) is 6.92 Å². The molecule has 0 saturated heterocycles. The summed E-state index contributed by atoms with van der Waals surface area (Å²) in [6, 6.07) is 10.1. The SMILES string of the molecule is COC(=O)c1ccc(C)c(NCc2cc(=O)n3cc(Cl)ccc3n2)c1. The number of methoxy groups -OCH3 is 1. The second-order valence-electron chi connectivity index (χ2n) is 5.54. The Kier molecular flexibility index (Phi) is 4.72. The molecule has 0 aliphatic rings. The van der Waals surface area contributed by atoms with Gasteiger partial charge >= 0.3 is 5.97 Å². The number of hydrogen-bond donors (Lipinski definition) is 1. The molecule has 7 heteroatoms. The summed E-state index contributed by atoms with van der Waals surface area (Å²) in [6.07, 6.45) is 1.54. The number of aryl methyl sites for hydroxylation is 1. The van der Waals surface area contributed by atoms with Crippen molar-refractivity contribution in [1.29, 1.82) is 0 Å². The van der Waals surface area contributed by atoms with Crippen LogP contribution in [0.2, 0.25) is 5.02 Å². The van der Waals surface area contributed by atoms with Crippen LogP contribution < -0.4 is 10.9 Å². The lowest BCUT2D eigenvalue weighted by Crippen LogP contribution is -2.17. The van der Waals surface area contributed by atoms with Gasteiger partial charge in [0.2, 0.25) is 0 Å². The molecule has 1 N–H and O–H groups in total. The van der Waals surface area contributed by atoms with Crippen molar-refractivity contribution in [2.45, 2.75) is 13.5 Å². The zero-order valence-electron chi connectivity index (χ0n) is 13.7. The molecule has 0 spiro atoms. The van der Waals surface area contributed by atoms with E-state index in [9.17, 15) is 9.59 Å². The Morgan fingerprint density at radius 2 is 2.08 bits per heavy atom. The first-order valence-corrected chi connectivity index (χ1v) is 7.96. The maximum atomic E-state index is 12.2. The molecule has 25 heavy (non-hydrogen) atoms. The number of fused-ring (bicyclic) bond motifs is 1. The number of nitrogens with zero attached hydrogens (tertiary/aromatic N) is 2. The highest BCUT2D eigenvalue weighted by atomic mass is 35.5. The maximum absolute atomic E-state index is 12.2. The Balaban J connectivity index is 1.87. The Morgan fingerprint density at radius 3 is 2.84 bits per heavy atom. The minimum atomic E-state index is -0.401. The van der Waals surface area contributed by atoms with Crippen LogP contribution in [0.3, 0.4) is 0 Å². The number of nitrogens with one attached hydrogen (secondary N) is 1. The molecule has 0 atom stereocenters. The molecule has 0 fully saturated rings. The van der Waals surface area contributed by atoms with Gasteiger partial charge in [-0.05, 0) is 36.8 Å². The Morgan fingerprint density at radius 1 is 1.28 bits per heavy atom. The van der Waals surface area contributed by atoms with Crippen LogP contribution in [0.15, 0.2) is 47.4 Å². The standard InChI is InChI=1S/C18H16ClN3O3/c1-11-3-4-12(18(24)25-2)7-15(11)20-9-14-8-17(23)22-10-13(19)5-6-16(22)21-14/h3-8,10,20H,9H2,1-2H3. The summed E-state index contributed by atoms with van der Waals surface area (Å²) in [5, 5.41) is 3.68. The molecule has 2 aromatic heterocycles. The van der Waals surface area contributed by atoms with Crippen LogP contribution >= 0.6 is 11.6 Å². The molecule has 128 valence electrons. The molecule has 0 aliphatic carbocycles. The summed E-state index contributed by atoms with van der Waals surface area (Å²) in [5.41, 5.74) is 3.11. The van der Waals surface area contributed by atoms with Gasteiger partial charge in [0.15, 0.2) is 0 Å². The Bertz CT molecular complexity index is 1010. The first-order chi connectivity index (χ1) is 12.0. The highest BCUT2D eigenvalue weighted by Gasteiger charge is 2.09. The largest absolute Gasteiger partial charge is 0.465 e. The molecule has 6 nitrogen and oxygen atoms in total. The highest BCUT2D eigenvalue weighted by molar-refractivity contribution is 6.30. The minimum absolute atomic E-state index is 0.204. The van der Waals surface area contributed by atoms with Crippen LogP contribution in [0.1, 0.15) is 21.6 Å². The van der Waals surface area contributed by atoms with Crippen LogP contribution in [0.4, 0.5) is 5.69 Å². The summed E-state index contributed by atoms with van der Waals surface area (Å²) in [7, 11) is 1.34. The summed E-state index contributed by atoms with van der Waals surface area (Å²) >= 11 is 5.90. The van der Waals surface area contributed by atoms with Crippen LogP contribution in [-0.4, -0.2) is 22.5 Å². The van der Waals surface area contributed by atoms with Gasteiger partial charge in [0.1, 0.15) is 5.65 Å². The molecule has 3 aromatic rings. The van der Waals surface area contributed by atoms with E-state index in [0.717, 1.165) is 11.3 Å². The number of pyridine rings is 1. The van der Waals surface area contributed by atoms with E-state index in [1.54, 1.807) is 24.3 Å². The summed E-state index contributed by atoms with van der Waals surface area (Å²) in [5.74, 6) is -0.401. The van der Waals surface area contributed by atoms with Crippen molar-refractivity contribution < 1.29 is 9.53 Å². The van der Waals surface area contributed by atoms with E-state index in [-0.39, 0.29) is 5.56 Å². The molecule has 0 radical (unpaired) electrons. The van der Waals surface area contributed by atoms with Crippen molar-refractivity contribution in [1.82, 2.24) is 9.38 Å². The van der Waals surface area contributed by atoms with Crippen LogP contribution in [0.25, 0.3) is 5.65 Å². The van der Waals surface area contributed by atoms with Crippen molar-refractivity contribution in [2.24, 2.45) is 0 Å². The molecule has 2 heterocycles. The number of halogens is 1. The number of anilines is 1. The predicted molar refractivity (Wildman–Crippen MR) is 96.3 cm³/mol. The lowest BCUT2D eigenvalue weighted by atomic mass is 10.1.